The molecule has 0 unspecified atom stereocenters. The van der Waals surface area contributed by atoms with Crippen LogP contribution >= 0.6 is 0 Å². The molecule has 24 heavy (non-hydrogen) atoms. The van der Waals surface area contributed by atoms with Gasteiger partial charge >= 0.3 is 5.97 Å². The molecule has 1 heterocycles. The van der Waals surface area contributed by atoms with Gasteiger partial charge in [0, 0.05) is 24.4 Å². The fraction of sp³-hybridized carbons (Fsp3) is 0.389. The molecule has 2 rings (SSSR count). The molecule has 0 saturated carbocycles. The number of aromatic nitrogens is 1. The van der Waals surface area contributed by atoms with Crippen LogP contribution in [0.25, 0.3) is 10.9 Å². The molecule has 1 aromatic carbocycles. The molecule has 0 spiro atoms. The first-order chi connectivity index (χ1) is 11.5. The van der Waals surface area contributed by atoms with Crippen molar-refractivity contribution in [2.75, 3.05) is 20.3 Å². The molecule has 1 amide bonds. The summed E-state index contributed by atoms with van der Waals surface area (Å²) in [6.45, 7) is 4.35. The van der Waals surface area contributed by atoms with Crippen LogP contribution in [0.1, 0.15) is 35.8 Å². The third-order valence-electron chi connectivity index (χ3n) is 3.61. The zero-order valence-electron chi connectivity index (χ0n) is 14.2. The summed E-state index contributed by atoms with van der Waals surface area (Å²) in [5.74, 6) is 0.288. The first kappa shape index (κ1) is 17.7. The number of hydrogen-bond donors (Lipinski definition) is 1. The lowest BCUT2D eigenvalue weighted by atomic mass is 10.1. The maximum atomic E-state index is 12.3. The van der Waals surface area contributed by atoms with Gasteiger partial charge in [-0.2, -0.15) is 0 Å². The Hall–Kier alpha value is -2.63. The lowest BCUT2D eigenvalue weighted by Crippen LogP contribution is -2.26. The van der Waals surface area contributed by atoms with Gasteiger partial charge in [0.15, 0.2) is 0 Å². The predicted octanol–water partition coefficient (Wildman–Crippen LogP) is 2.62. The average molecular weight is 330 g/mol. The molecule has 0 radical (unpaired) electrons. The van der Waals surface area contributed by atoms with E-state index in [-0.39, 0.29) is 11.9 Å². The maximum Gasteiger partial charge on any atom is 0.305 e. The Bertz CT molecular complexity index is 743. The second-order valence-electron chi connectivity index (χ2n) is 5.34. The first-order valence-electron chi connectivity index (χ1n) is 7.94. The van der Waals surface area contributed by atoms with Gasteiger partial charge in [-0.25, -0.2) is 0 Å². The van der Waals surface area contributed by atoms with Crippen molar-refractivity contribution in [1.82, 2.24) is 10.3 Å². The van der Waals surface area contributed by atoms with Gasteiger partial charge in [-0.05, 0) is 38.5 Å². The Balaban J connectivity index is 2.01. The Morgan fingerprint density at radius 1 is 1.25 bits per heavy atom. The molecule has 0 aliphatic carbocycles. The number of benzene rings is 1. The quantitative estimate of drug-likeness (QED) is 0.624. The lowest BCUT2D eigenvalue weighted by Gasteiger charge is -2.09. The molecule has 128 valence electrons. The molecule has 0 fully saturated rings. The largest absolute Gasteiger partial charge is 0.497 e. The van der Waals surface area contributed by atoms with Crippen LogP contribution in [0.5, 0.6) is 5.75 Å². The predicted molar refractivity (Wildman–Crippen MR) is 91.2 cm³/mol. The van der Waals surface area contributed by atoms with Gasteiger partial charge in [0.05, 0.1) is 30.5 Å². The van der Waals surface area contributed by atoms with Gasteiger partial charge in [0.1, 0.15) is 5.75 Å². The Labute approximate surface area is 141 Å². The van der Waals surface area contributed by atoms with Crippen molar-refractivity contribution in [3.05, 3.63) is 35.5 Å². The standard InChI is InChI=1S/C18H22N2O4/c1-4-24-17(21)6-5-9-19-18(22)15-10-13-7-8-14(23-3)11-16(13)20-12(15)2/h7-8,10-11H,4-6,9H2,1-3H3,(H,19,22). The number of ether oxygens (including phenoxy) is 2. The number of amides is 1. The fourth-order valence-corrected chi connectivity index (χ4v) is 2.36. The topological polar surface area (TPSA) is 77.5 Å². The molecule has 6 heteroatoms. The zero-order valence-corrected chi connectivity index (χ0v) is 14.2. The molecule has 2 aromatic rings. The van der Waals surface area contributed by atoms with Crippen LogP contribution < -0.4 is 10.1 Å². The average Bonchev–Trinajstić information content (AvgIpc) is 2.57. The summed E-state index contributed by atoms with van der Waals surface area (Å²) in [5.41, 5.74) is 1.97. The number of pyridine rings is 1. The minimum atomic E-state index is -0.246. The summed E-state index contributed by atoms with van der Waals surface area (Å²) < 4.78 is 10.0. The highest BCUT2D eigenvalue weighted by atomic mass is 16.5. The van der Waals surface area contributed by atoms with Gasteiger partial charge < -0.3 is 14.8 Å². The van der Waals surface area contributed by atoms with Crippen molar-refractivity contribution < 1.29 is 19.1 Å². The fourth-order valence-electron chi connectivity index (χ4n) is 2.36. The third kappa shape index (κ3) is 4.44. The van der Waals surface area contributed by atoms with E-state index >= 15 is 0 Å². The highest BCUT2D eigenvalue weighted by molar-refractivity contribution is 5.98. The van der Waals surface area contributed by atoms with E-state index in [1.54, 1.807) is 21.0 Å². The van der Waals surface area contributed by atoms with Gasteiger partial charge in [-0.15, -0.1) is 0 Å². The van der Waals surface area contributed by atoms with Crippen LogP contribution in [0.2, 0.25) is 0 Å². The van der Waals surface area contributed by atoms with Crippen LogP contribution in [-0.4, -0.2) is 37.1 Å². The van der Waals surface area contributed by atoms with Crippen LogP contribution in [0.3, 0.4) is 0 Å². The van der Waals surface area contributed by atoms with Crippen LogP contribution in [0.4, 0.5) is 0 Å². The number of carbonyl (C=O) groups excluding carboxylic acids is 2. The molecule has 0 saturated heterocycles. The molecular formula is C18H22N2O4. The highest BCUT2D eigenvalue weighted by Crippen LogP contribution is 2.21. The van der Waals surface area contributed by atoms with E-state index in [0.29, 0.717) is 37.3 Å². The number of nitrogens with zero attached hydrogens (tertiary/aromatic N) is 1. The Morgan fingerprint density at radius 3 is 2.75 bits per heavy atom. The second-order valence-corrected chi connectivity index (χ2v) is 5.34. The van der Waals surface area contributed by atoms with Crippen LogP contribution in [0, 0.1) is 6.92 Å². The maximum absolute atomic E-state index is 12.3. The highest BCUT2D eigenvalue weighted by Gasteiger charge is 2.12. The second kappa shape index (κ2) is 8.29. The van der Waals surface area contributed by atoms with E-state index in [0.717, 1.165) is 16.7 Å². The van der Waals surface area contributed by atoms with E-state index in [1.807, 2.05) is 24.3 Å². The summed E-state index contributed by atoms with van der Waals surface area (Å²) in [6.07, 6.45) is 0.838. The summed E-state index contributed by atoms with van der Waals surface area (Å²) in [7, 11) is 1.60. The molecule has 0 bridgehead atoms. The molecule has 0 aliphatic heterocycles. The summed E-state index contributed by atoms with van der Waals surface area (Å²) >= 11 is 0. The number of hydrogen-bond acceptors (Lipinski definition) is 5. The molecule has 1 aromatic heterocycles. The van der Waals surface area contributed by atoms with E-state index in [4.69, 9.17) is 9.47 Å². The summed E-state index contributed by atoms with van der Waals surface area (Å²) in [5, 5.41) is 3.69. The van der Waals surface area contributed by atoms with E-state index in [2.05, 4.69) is 10.3 Å². The SMILES string of the molecule is CCOC(=O)CCCNC(=O)c1cc2ccc(OC)cc2nc1C. The number of aryl methyl sites for hydroxylation is 1. The van der Waals surface area contributed by atoms with Crippen molar-refractivity contribution in [2.45, 2.75) is 26.7 Å². The molecule has 1 N–H and O–H groups in total. The monoisotopic (exact) mass is 330 g/mol. The normalized spacial score (nSPS) is 10.5. The van der Waals surface area contributed by atoms with Gasteiger partial charge in [-0.3, -0.25) is 14.6 Å². The number of nitrogens with one attached hydrogen (secondary N) is 1. The third-order valence-corrected chi connectivity index (χ3v) is 3.61. The van der Waals surface area contributed by atoms with Crippen molar-refractivity contribution in [3.8, 4) is 5.75 Å². The van der Waals surface area contributed by atoms with Gasteiger partial charge in [-0.1, -0.05) is 0 Å². The van der Waals surface area contributed by atoms with E-state index < -0.39 is 0 Å². The van der Waals surface area contributed by atoms with Crippen molar-refractivity contribution in [1.29, 1.82) is 0 Å². The summed E-state index contributed by atoms with van der Waals surface area (Å²) in [6, 6.07) is 7.36. The van der Waals surface area contributed by atoms with Crippen molar-refractivity contribution >= 4 is 22.8 Å². The molecule has 0 atom stereocenters. The number of methoxy groups -OCH3 is 1. The number of esters is 1. The van der Waals surface area contributed by atoms with Crippen molar-refractivity contribution in [3.63, 3.8) is 0 Å². The van der Waals surface area contributed by atoms with Gasteiger partial charge in [0.2, 0.25) is 0 Å². The lowest BCUT2D eigenvalue weighted by molar-refractivity contribution is -0.143. The zero-order chi connectivity index (χ0) is 17.5. The molecule has 6 nitrogen and oxygen atoms in total. The van der Waals surface area contributed by atoms with Crippen molar-refractivity contribution in [2.24, 2.45) is 0 Å². The van der Waals surface area contributed by atoms with Gasteiger partial charge in [0.25, 0.3) is 5.91 Å². The van der Waals surface area contributed by atoms with E-state index in [9.17, 15) is 9.59 Å². The number of carbonyl (C=O) groups is 2. The Kier molecular flexibility index (Phi) is 6.12. The van der Waals surface area contributed by atoms with E-state index in [1.165, 1.54) is 0 Å². The van der Waals surface area contributed by atoms with Crippen LogP contribution in [-0.2, 0) is 9.53 Å². The first-order valence-corrected chi connectivity index (χ1v) is 7.94. The summed E-state index contributed by atoms with van der Waals surface area (Å²) in [4.78, 5) is 28.0. The number of rotatable bonds is 7. The molecular weight excluding hydrogens is 308 g/mol. The van der Waals surface area contributed by atoms with Crippen LogP contribution in [0.15, 0.2) is 24.3 Å². The molecule has 0 aliphatic rings. The minimum absolute atomic E-state index is 0.193. The number of fused-ring (bicyclic) bond motifs is 1. The Morgan fingerprint density at radius 2 is 2.04 bits per heavy atom. The minimum Gasteiger partial charge on any atom is -0.497 e. The smallest absolute Gasteiger partial charge is 0.305 e.